The van der Waals surface area contributed by atoms with Gasteiger partial charge in [-0.05, 0) is 26.2 Å². The Morgan fingerprint density at radius 3 is 2.71 bits per heavy atom. The van der Waals surface area contributed by atoms with Crippen LogP contribution in [-0.2, 0) is 9.53 Å². The van der Waals surface area contributed by atoms with Gasteiger partial charge in [-0.1, -0.05) is 23.4 Å². The molecule has 1 unspecified atom stereocenters. The Balaban J connectivity index is 2.56. The Kier molecular flexibility index (Phi) is 7.31. The Labute approximate surface area is 170 Å². The van der Waals surface area contributed by atoms with E-state index in [1.807, 2.05) is 6.07 Å². The fraction of sp³-hybridized carbons (Fsp3) is 0.333. The fourth-order valence-electron chi connectivity index (χ4n) is 2.31. The summed E-state index contributed by atoms with van der Waals surface area (Å²) in [4.78, 5) is 30.8. The average Bonchev–Trinajstić information content (AvgIpc) is 2.67. The normalized spacial score (nSPS) is 11.4. The van der Waals surface area contributed by atoms with Gasteiger partial charge in [-0.15, -0.1) is 0 Å². The van der Waals surface area contributed by atoms with E-state index < -0.39 is 17.6 Å². The Morgan fingerprint density at radius 2 is 2.14 bits per heavy atom. The van der Waals surface area contributed by atoms with Crippen molar-refractivity contribution in [2.45, 2.75) is 25.1 Å². The molecule has 0 radical (unpaired) electrons. The summed E-state index contributed by atoms with van der Waals surface area (Å²) in [6.45, 7) is 3.46. The highest BCUT2D eigenvalue weighted by Gasteiger charge is 2.22. The number of esters is 1. The summed E-state index contributed by atoms with van der Waals surface area (Å²) in [6, 6.07) is 4.79. The minimum atomic E-state index is -0.883. The SMILES string of the molecule is CCOC(=O)C(C)Oc1cc(Cl)c(-c2nc(SC)[nH]c(=O)c2C#N)cc1OC. The lowest BCUT2D eigenvalue weighted by Gasteiger charge is -2.17. The highest BCUT2D eigenvalue weighted by molar-refractivity contribution is 7.98. The number of nitrogens with one attached hydrogen (secondary N) is 1. The Bertz CT molecular complexity index is 986. The second-order valence-corrected chi connectivity index (χ2v) is 6.61. The largest absolute Gasteiger partial charge is 0.493 e. The van der Waals surface area contributed by atoms with E-state index in [-0.39, 0.29) is 34.4 Å². The van der Waals surface area contributed by atoms with Gasteiger partial charge in [0.25, 0.3) is 5.56 Å². The third-order valence-corrected chi connectivity index (χ3v) is 4.53. The first-order chi connectivity index (χ1) is 13.4. The predicted octanol–water partition coefficient (Wildman–Crippen LogP) is 3.02. The van der Waals surface area contributed by atoms with Gasteiger partial charge in [0.15, 0.2) is 22.8 Å². The van der Waals surface area contributed by atoms with E-state index in [1.165, 1.54) is 37.9 Å². The number of nitriles is 1. The van der Waals surface area contributed by atoms with Gasteiger partial charge >= 0.3 is 5.97 Å². The number of hydrogen-bond acceptors (Lipinski definition) is 8. The van der Waals surface area contributed by atoms with Crippen molar-refractivity contribution in [2.24, 2.45) is 0 Å². The van der Waals surface area contributed by atoms with Crippen molar-refractivity contribution >= 4 is 29.3 Å². The maximum atomic E-state index is 12.2. The predicted molar refractivity (Wildman–Crippen MR) is 105 cm³/mol. The second-order valence-electron chi connectivity index (χ2n) is 5.41. The van der Waals surface area contributed by atoms with Gasteiger partial charge in [-0.2, -0.15) is 5.26 Å². The molecule has 0 aliphatic carbocycles. The van der Waals surface area contributed by atoms with Crippen LogP contribution in [0.5, 0.6) is 11.5 Å². The molecule has 0 saturated carbocycles. The Hall–Kier alpha value is -2.70. The minimum absolute atomic E-state index is 0.129. The summed E-state index contributed by atoms with van der Waals surface area (Å²) in [5, 5.41) is 9.87. The van der Waals surface area contributed by atoms with Crippen LogP contribution >= 0.6 is 23.4 Å². The smallest absolute Gasteiger partial charge is 0.347 e. The molecule has 8 nitrogen and oxygen atoms in total. The van der Waals surface area contributed by atoms with E-state index >= 15 is 0 Å². The van der Waals surface area contributed by atoms with E-state index in [0.717, 1.165) is 0 Å². The van der Waals surface area contributed by atoms with Gasteiger partial charge in [0, 0.05) is 11.6 Å². The van der Waals surface area contributed by atoms with E-state index in [2.05, 4.69) is 9.97 Å². The fourth-order valence-corrected chi connectivity index (χ4v) is 2.93. The van der Waals surface area contributed by atoms with Gasteiger partial charge in [-0.25, -0.2) is 9.78 Å². The molecule has 148 valence electrons. The number of ether oxygens (including phenoxy) is 3. The molecule has 0 bridgehead atoms. The summed E-state index contributed by atoms with van der Waals surface area (Å²) in [7, 11) is 1.42. The quantitative estimate of drug-likeness (QED) is 0.410. The number of nitrogens with zero attached hydrogens (tertiary/aromatic N) is 2. The monoisotopic (exact) mass is 423 g/mol. The molecule has 0 spiro atoms. The zero-order valence-corrected chi connectivity index (χ0v) is 17.2. The zero-order valence-electron chi connectivity index (χ0n) is 15.7. The van der Waals surface area contributed by atoms with Gasteiger partial charge in [0.1, 0.15) is 11.6 Å². The molecule has 0 aliphatic rings. The second kappa shape index (κ2) is 9.48. The van der Waals surface area contributed by atoms with E-state index in [4.69, 9.17) is 25.8 Å². The zero-order chi connectivity index (χ0) is 20.8. The number of halogens is 1. The minimum Gasteiger partial charge on any atom is -0.493 e. The standard InChI is InChI=1S/C18H18ClN3O5S/c1-5-26-17(24)9(2)27-14-7-12(19)10(6-13(14)25-3)15-11(8-20)16(23)22-18(21-15)28-4/h6-7,9H,5H2,1-4H3,(H,21,22,23). The number of aromatic amines is 1. The van der Waals surface area contributed by atoms with Crippen LogP contribution in [0.25, 0.3) is 11.3 Å². The molecule has 0 saturated heterocycles. The van der Waals surface area contributed by atoms with Crippen LogP contribution in [0.1, 0.15) is 19.4 Å². The van der Waals surface area contributed by atoms with Crippen molar-refractivity contribution in [3.63, 3.8) is 0 Å². The number of aromatic nitrogens is 2. The van der Waals surface area contributed by atoms with E-state index in [9.17, 15) is 14.9 Å². The number of methoxy groups -OCH3 is 1. The molecule has 1 atom stereocenters. The van der Waals surface area contributed by atoms with Crippen molar-refractivity contribution < 1.29 is 19.0 Å². The number of benzene rings is 1. The molecule has 2 aromatic rings. The molecule has 1 aromatic heterocycles. The molecule has 0 fully saturated rings. The topological polar surface area (TPSA) is 114 Å². The van der Waals surface area contributed by atoms with Crippen LogP contribution in [0, 0.1) is 11.3 Å². The van der Waals surface area contributed by atoms with Crippen molar-refractivity contribution in [1.29, 1.82) is 5.26 Å². The first-order valence-electron chi connectivity index (χ1n) is 8.15. The van der Waals surface area contributed by atoms with E-state index in [0.29, 0.717) is 10.7 Å². The number of rotatable bonds is 7. The molecule has 2 rings (SSSR count). The lowest BCUT2D eigenvalue weighted by atomic mass is 10.1. The van der Waals surface area contributed by atoms with Gasteiger partial charge in [0.05, 0.1) is 24.4 Å². The van der Waals surface area contributed by atoms with Crippen LogP contribution < -0.4 is 15.0 Å². The molecule has 1 aromatic carbocycles. The van der Waals surface area contributed by atoms with Gasteiger partial charge in [0.2, 0.25) is 0 Å². The molecule has 0 amide bonds. The maximum absolute atomic E-state index is 12.2. The number of carbonyl (C=O) groups excluding carboxylic acids is 1. The molecule has 1 N–H and O–H groups in total. The summed E-state index contributed by atoms with van der Waals surface area (Å²) < 4.78 is 15.8. The van der Waals surface area contributed by atoms with Crippen molar-refractivity contribution in [3.05, 3.63) is 33.1 Å². The molecule has 1 heterocycles. The van der Waals surface area contributed by atoms with Crippen LogP contribution in [0.4, 0.5) is 0 Å². The first kappa shape index (κ1) is 21.6. The summed E-state index contributed by atoms with van der Waals surface area (Å²) >= 11 is 7.59. The van der Waals surface area contributed by atoms with Crippen LogP contribution in [0.3, 0.4) is 0 Å². The van der Waals surface area contributed by atoms with E-state index in [1.54, 1.807) is 13.2 Å². The molecule has 28 heavy (non-hydrogen) atoms. The number of H-pyrrole nitrogens is 1. The van der Waals surface area contributed by atoms with Crippen LogP contribution in [0.15, 0.2) is 22.1 Å². The Morgan fingerprint density at radius 1 is 1.43 bits per heavy atom. The lowest BCUT2D eigenvalue weighted by Crippen LogP contribution is -2.26. The highest BCUT2D eigenvalue weighted by Crippen LogP contribution is 2.39. The van der Waals surface area contributed by atoms with Crippen molar-refractivity contribution in [2.75, 3.05) is 20.0 Å². The molecule has 0 aliphatic heterocycles. The first-order valence-corrected chi connectivity index (χ1v) is 9.76. The number of carbonyl (C=O) groups is 1. The number of thioether (sulfide) groups is 1. The molecule has 10 heteroatoms. The molecular weight excluding hydrogens is 406 g/mol. The summed E-state index contributed by atoms with van der Waals surface area (Å²) in [6.07, 6.45) is 0.857. The van der Waals surface area contributed by atoms with Crippen LogP contribution in [-0.4, -0.2) is 42.0 Å². The third-order valence-electron chi connectivity index (χ3n) is 3.63. The van der Waals surface area contributed by atoms with Crippen LogP contribution in [0.2, 0.25) is 5.02 Å². The van der Waals surface area contributed by atoms with Gasteiger partial charge < -0.3 is 19.2 Å². The lowest BCUT2D eigenvalue weighted by molar-refractivity contribution is -0.150. The van der Waals surface area contributed by atoms with Crippen molar-refractivity contribution in [1.82, 2.24) is 9.97 Å². The average molecular weight is 424 g/mol. The summed E-state index contributed by atoms with van der Waals surface area (Å²) in [5.41, 5.74) is -0.282. The van der Waals surface area contributed by atoms with Crippen molar-refractivity contribution in [3.8, 4) is 28.8 Å². The maximum Gasteiger partial charge on any atom is 0.347 e. The third kappa shape index (κ3) is 4.58. The highest BCUT2D eigenvalue weighted by atomic mass is 35.5. The summed E-state index contributed by atoms with van der Waals surface area (Å²) in [5.74, 6) is -0.0603. The van der Waals surface area contributed by atoms with Gasteiger partial charge in [-0.3, -0.25) is 4.79 Å². The molecular formula is C18H18ClN3O5S. The number of hydrogen-bond donors (Lipinski definition) is 1.